The highest BCUT2D eigenvalue weighted by molar-refractivity contribution is 5.92. The van der Waals surface area contributed by atoms with E-state index >= 15 is 0 Å². The van der Waals surface area contributed by atoms with Crippen molar-refractivity contribution in [1.29, 1.82) is 0 Å². The maximum absolute atomic E-state index is 12.4. The van der Waals surface area contributed by atoms with Gasteiger partial charge >= 0.3 is 0 Å². The van der Waals surface area contributed by atoms with Gasteiger partial charge in [-0.05, 0) is 37.1 Å². The monoisotopic (exact) mass is 291 g/mol. The van der Waals surface area contributed by atoms with Crippen molar-refractivity contribution in [1.82, 2.24) is 0 Å². The minimum Gasteiger partial charge on any atom is -0.497 e. The Kier molecular flexibility index (Phi) is 8.56. The minimum absolute atomic E-state index is 0.133. The van der Waals surface area contributed by atoms with E-state index in [1.54, 1.807) is 7.11 Å². The molecule has 1 aromatic carbocycles. The van der Waals surface area contributed by atoms with Crippen molar-refractivity contribution < 1.29 is 9.53 Å². The highest BCUT2D eigenvalue weighted by Crippen LogP contribution is 2.20. The highest BCUT2D eigenvalue weighted by atomic mass is 16.5. The van der Waals surface area contributed by atoms with Crippen molar-refractivity contribution in [2.75, 3.05) is 12.4 Å². The van der Waals surface area contributed by atoms with Gasteiger partial charge in [-0.2, -0.15) is 0 Å². The molecule has 0 aliphatic rings. The number of ether oxygens (including phenoxy) is 1. The summed E-state index contributed by atoms with van der Waals surface area (Å²) in [5.41, 5.74) is 0.843. The molecule has 0 spiro atoms. The fourth-order valence-corrected chi connectivity index (χ4v) is 2.49. The Morgan fingerprint density at radius 1 is 1.05 bits per heavy atom. The molecule has 0 radical (unpaired) electrons. The van der Waals surface area contributed by atoms with Gasteiger partial charge in [-0.1, -0.05) is 46.0 Å². The Morgan fingerprint density at radius 2 is 1.76 bits per heavy atom. The Balaban J connectivity index is 2.50. The molecule has 0 bridgehead atoms. The lowest BCUT2D eigenvalue weighted by molar-refractivity contribution is -0.120. The largest absolute Gasteiger partial charge is 0.497 e. The van der Waals surface area contributed by atoms with E-state index < -0.39 is 0 Å². The molecule has 0 aromatic heterocycles. The molecule has 0 aliphatic carbocycles. The lowest BCUT2D eigenvalue weighted by Crippen LogP contribution is -2.22. The zero-order valence-electron chi connectivity index (χ0n) is 13.7. The van der Waals surface area contributed by atoms with Crippen LogP contribution >= 0.6 is 0 Å². The Morgan fingerprint density at radius 3 is 2.33 bits per heavy atom. The van der Waals surface area contributed by atoms with Crippen LogP contribution in [0.4, 0.5) is 5.69 Å². The predicted molar refractivity (Wildman–Crippen MR) is 88.8 cm³/mol. The molecule has 1 atom stereocenters. The number of anilines is 1. The van der Waals surface area contributed by atoms with Crippen LogP contribution in [0, 0.1) is 5.92 Å². The number of carbonyl (C=O) groups is 1. The Bertz CT molecular complexity index is 400. The third-order valence-electron chi connectivity index (χ3n) is 3.77. The van der Waals surface area contributed by atoms with E-state index in [4.69, 9.17) is 4.74 Å². The minimum atomic E-state index is 0.133. The number of hydrogen-bond donors (Lipinski definition) is 1. The molecule has 0 fully saturated rings. The van der Waals surface area contributed by atoms with Crippen LogP contribution in [0.15, 0.2) is 24.3 Å². The van der Waals surface area contributed by atoms with E-state index in [0.717, 1.165) is 37.1 Å². The van der Waals surface area contributed by atoms with Gasteiger partial charge < -0.3 is 10.1 Å². The van der Waals surface area contributed by atoms with Crippen molar-refractivity contribution in [3.8, 4) is 5.75 Å². The lowest BCUT2D eigenvalue weighted by atomic mass is 9.95. The Hall–Kier alpha value is -1.51. The maximum atomic E-state index is 12.4. The number of unbranched alkanes of at least 4 members (excludes halogenated alkanes) is 3. The van der Waals surface area contributed by atoms with Gasteiger partial charge in [0.25, 0.3) is 0 Å². The number of methoxy groups -OCH3 is 1. The van der Waals surface area contributed by atoms with E-state index in [9.17, 15) is 4.79 Å². The molecule has 1 N–H and O–H groups in total. The number of amides is 1. The first-order chi connectivity index (χ1) is 10.2. The van der Waals surface area contributed by atoms with Gasteiger partial charge in [-0.15, -0.1) is 0 Å². The molecule has 21 heavy (non-hydrogen) atoms. The average molecular weight is 291 g/mol. The third-order valence-corrected chi connectivity index (χ3v) is 3.77. The smallest absolute Gasteiger partial charge is 0.227 e. The molecule has 1 rings (SSSR count). The van der Waals surface area contributed by atoms with E-state index in [2.05, 4.69) is 19.2 Å². The van der Waals surface area contributed by atoms with Crippen molar-refractivity contribution >= 4 is 11.6 Å². The zero-order valence-corrected chi connectivity index (χ0v) is 13.7. The van der Waals surface area contributed by atoms with Gasteiger partial charge in [0, 0.05) is 11.6 Å². The van der Waals surface area contributed by atoms with E-state index in [1.807, 2.05) is 24.3 Å². The first kappa shape index (κ1) is 17.5. The molecule has 0 saturated carbocycles. The van der Waals surface area contributed by atoms with E-state index in [0.29, 0.717) is 0 Å². The summed E-state index contributed by atoms with van der Waals surface area (Å²) in [5, 5.41) is 3.02. The summed E-state index contributed by atoms with van der Waals surface area (Å²) >= 11 is 0. The molecule has 0 aliphatic heterocycles. The van der Waals surface area contributed by atoms with Crippen LogP contribution < -0.4 is 10.1 Å². The van der Waals surface area contributed by atoms with Gasteiger partial charge in [-0.25, -0.2) is 0 Å². The number of hydrogen-bond acceptors (Lipinski definition) is 2. The van der Waals surface area contributed by atoms with E-state index in [1.165, 1.54) is 19.3 Å². The van der Waals surface area contributed by atoms with Crippen LogP contribution in [0.3, 0.4) is 0 Å². The summed E-state index contributed by atoms with van der Waals surface area (Å²) in [6, 6.07) is 7.50. The fraction of sp³-hybridized carbons (Fsp3) is 0.611. The zero-order chi connectivity index (χ0) is 15.5. The van der Waals surface area contributed by atoms with Crippen LogP contribution in [0.25, 0.3) is 0 Å². The van der Waals surface area contributed by atoms with Gasteiger partial charge in [0.05, 0.1) is 7.11 Å². The second-order valence-corrected chi connectivity index (χ2v) is 5.55. The quantitative estimate of drug-likeness (QED) is 0.615. The van der Waals surface area contributed by atoms with Crippen molar-refractivity contribution in [2.24, 2.45) is 5.92 Å². The predicted octanol–water partition coefficient (Wildman–Crippen LogP) is 5.02. The van der Waals surface area contributed by atoms with Gasteiger partial charge in [0.1, 0.15) is 5.75 Å². The molecule has 3 nitrogen and oxygen atoms in total. The number of nitrogens with one attached hydrogen (secondary N) is 1. The molecular weight excluding hydrogens is 262 g/mol. The van der Waals surface area contributed by atoms with Crippen LogP contribution in [-0.4, -0.2) is 13.0 Å². The molecule has 0 heterocycles. The molecule has 0 saturated heterocycles. The van der Waals surface area contributed by atoms with E-state index in [-0.39, 0.29) is 11.8 Å². The summed E-state index contributed by atoms with van der Waals surface area (Å²) in [6.07, 6.45) is 7.88. The molecule has 3 heteroatoms. The second kappa shape index (κ2) is 10.3. The normalized spacial score (nSPS) is 12.0. The third kappa shape index (κ3) is 6.65. The topological polar surface area (TPSA) is 38.3 Å². The van der Waals surface area contributed by atoms with Gasteiger partial charge in [0.2, 0.25) is 5.91 Å². The Labute approximate surface area is 129 Å². The average Bonchev–Trinajstić information content (AvgIpc) is 2.51. The summed E-state index contributed by atoms with van der Waals surface area (Å²) in [7, 11) is 1.64. The maximum Gasteiger partial charge on any atom is 0.227 e. The SMILES string of the molecule is CCCCCCC(CCC)C(=O)Nc1ccc(OC)cc1. The molecule has 1 unspecified atom stereocenters. The van der Waals surface area contributed by atoms with Crippen molar-refractivity contribution in [3.05, 3.63) is 24.3 Å². The van der Waals surface area contributed by atoms with Crippen LogP contribution in [0.1, 0.15) is 58.8 Å². The first-order valence-corrected chi connectivity index (χ1v) is 8.16. The lowest BCUT2D eigenvalue weighted by Gasteiger charge is -2.16. The number of carbonyl (C=O) groups excluding carboxylic acids is 1. The summed E-state index contributed by atoms with van der Waals surface area (Å²) in [6.45, 7) is 4.35. The second-order valence-electron chi connectivity index (χ2n) is 5.55. The standard InChI is InChI=1S/C18H29NO2/c1-4-6-7-8-10-15(9-5-2)18(20)19-16-11-13-17(21-3)14-12-16/h11-15H,4-10H2,1-3H3,(H,19,20). The first-order valence-electron chi connectivity index (χ1n) is 8.16. The summed E-state index contributed by atoms with van der Waals surface area (Å²) in [4.78, 5) is 12.4. The van der Waals surface area contributed by atoms with Crippen LogP contribution in [0.5, 0.6) is 5.75 Å². The van der Waals surface area contributed by atoms with Crippen molar-refractivity contribution in [3.63, 3.8) is 0 Å². The summed E-state index contributed by atoms with van der Waals surface area (Å²) < 4.78 is 5.12. The molecule has 118 valence electrons. The number of benzene rings is 1. The highest BCUT2D eigenvalue weighted by Gasteiger charge is 2.17. The van der Waals surface area contributed by atoms with Crippen LogP contribution in [-0.2, 0) is 4.79 Å². The number of rotatable bonds is 10. The van der Waals surface area contributed by atoms with Crippen molar-refractivity contribution in [2.45, 2.75) is 58.8 Å². The van der Waals surface area contributed by atoms with Gasteiger partial charge in [-0.3, -0.25) is 4.79 Å². The van der Waals surface area contributed by atoms with Gasteiger partial charge in [0.15, 0.2) is 0 Å². The molecular formula is C18H29NO2. The fourth-order valence-electron chi connectivity index (χ4n) is 2.49. The van der Waals surface area contributed by atoms with Crippen LogP contribution in [0.2, 0.25) is 0 Å². The molecule has 1 amide bonds. The summed E-state index contributed by atoms with van der Waals surface area (Å²) in [5.74, 6) is 1.09. The molecule has 1 aromatic rings.